The van der Waals surface area contributed by atoms with Crippen LogP contribution in [0.5, 0.6) is 0 Å². The first-order chi connectivity index (χ1) is 9.75. The Bertz CT molecular complexity index is 366. The summed E-state index contributed by atoms with van der Waals surface area (Å²) >= 11 is 0. The molecule has 2 N–H and O–H groups in total. The minimum absolute atomic E-state index is 0.210. The van der Waals surface area contributed by atoms with Crippen molar-refractivity contribution in [3.05, 3.63) is 30.1 Å². The molecule has 1 aromatic rings. The van der Waals surface area contributed by atoms with Crippen molar-refractivity contribution in [2.45, 2.75) is 57.3 Å². The standard InChI is InChI=1S/C16H26N2O2/c1-13(14-7-9-17-10-8-14)18-11-15(19)12-20-16-5-3-2-4-6-16/h7-10,13,15-16,18-19H,2-6,11-12H2,1H3/t13-,15?/m1/s1. The molecular weight excluding hydrogens is 252 g/mol. The number of aliphatic hydroxyl groups is 1. The predicted molar refractivity (Wildman–Crippen MR) is 79.5 cm³/mol. The zero-order valence-corrected chi connectivity index (χ0v) is 12.3. The van der Waals surface area contributed by atoms with Crippen molar-refractivity contribution < 1.29 is 9.84 Å². The van der Waals surface area contributed by atoms with E-state index in [1.54, 1.807) is 12.4 Å². The number of ether oxygens (including phenoxy) is 1. The SMILES string of the molecule is C[C@@H](NCC(O)COC1CCCCC1)c1ccncc1. The molecule has 1 aromatic heterocycles. The lowest BCUT2D eigenvalue weighted by Gasteiger charge is -2.24. The molecule has 0 aliphatic heterocycles. The number of hydrogen-bond acceptors (Lipinski definition) is 4. The number of aromatic nitrogens is 1. The summed E-state index contributed by atoms with van der Waals surface area (Å²) in [6.45, 7) is 3.07. The van der Waals surface area contributed by atoms with E-state index < -0.39 is 6.10 Å². The Kier molecular flexibility index (Phi) is 6.43. The Balaban J connectivity index is 1.63. The van der Waals surface area contributed by atoms with Crippen molar-refractivity contribution in [3.63, 3.8) is 0 Å². The predicted octanol–water partition coefficient (Wildman–Crippen LogP) is 2.44. The molecular formula is C16H26N2O2. The van der Waals surface area contributed by atoms with Crippen LogP contribution in [0.4, 0.5) is 0 Å². The Morgan fingerprint density at radius 3 is 2.70 bits per heavy atom. The molecule has 0 aromatic carbocycles. The van der Waals surface area contributed by atoms with E-state index in [0.717, 1.165) is 12.8 Å². The fourth-order valence-corrected chi connectivity index (χ4v) is 2.62. The van der Waals surface area contributed by atoms with Crippen molar-refractivity contribution in [1.82, 2.24) is 10.3 Å². The maximum atomic E-state index is 9.98. The molecule has 0 saturated heterocycles. The smallest absolute Gasteiger partial charge is 0.0898 e. The van der Waals surface area contributed by atoms with Crippen LogP contribution in [0.15, 0.2) is 24.5 Å². The van der Waals surface area contributed by atoms with Crippen molar-refractivity contribution in [1.29, 1.82) is 0 Å². The fourth-order valence-electron chi connectivity index (χ4n) is 2.62. The number of nitrogens with zero attached hydrogens (tertiary/aromatic N) is 1. The fraction of sp³-hybridized carbons (Fsp3) is 0.688. The summed E-state index contributed by atoms with van der Waals surface area (Å²) in [5.74, 6) is 0. The largest absolute Gasteiger partial charge is 0.389 e. The minimum Gasteiger partial charge on any atom is -0.389 e. The van der Waals surface area contributed by atoms with Crippen LogP contribution in [0.25, 0.3) is 0 Å². The van der Waals surface area contributed by atoms with Crippen LogP contribution in [0.2, 0.25) is 0 Å². The Labute approximate surface area is 121 Å². The summed E-state index contributed by atoms with van der Waals surface area (Å²) in [5, 5.41) is 13.3. The molecule has 2 rings (SSSR count). The van der Waals surface area contributed by atoms with Gasteiger partial charge in [-0.25, -0.2) is 0 Å². The van der Waals surface area contributed by atoms with Gasteiger partial charge in [0.15, 0.2) is 0 Å². The summed E-state index contributed by atoms with van der Waals surface area (Å²) in [7, 11) is 0. The van der Waals surface area contributed by atoms with Gasteiger partial charge in [0, 0.05) is 25.0 Å². The Morgan fingerprint density at radius 2 is 2.00 bits per heavy atom. The first-order valence-electron chi connectivity index (χ1n) is 7.68. The average Bonchev–Trinajstić information content (AvgIpc) is 2.52. The van der Waals surface area contributed by atoms with Crippen LogP contribution >= 0.6 is 0 Å². The van der Waals surface area contributed by atoms with Gasteiger partial charge < -0.3 is 15.2 Å². The third-order valence-electron chi connectivity index (χ3n) is 3.94. The third-order valence-corrected chi connectivity index (χ3v) is 3.94. The minimum atomic E-state index is -0.443. The van der Waals surface area contributed by atoms with Gasteiger partial charge in [-0.15, -0.1) is 0 Å². The van der Waals surface area contributed by atoms with Gasteiger partial charge >= 0.3 is 0 Å². The van der Waals surface area contributed by atoms with E-state index in [1.807, 2.05) is 12.1 Å². The molecule has 20 heavy (non-hydrogen) atoms. The van der Waals surface area contributed by atoms with Crippen molar-refractivity contribution in [3.8, 4) is 0 Å². The molecule has 1 heterocycles. The monoisotopic (exact) mass is 278 g/mol. The molecule has 112 valence electrons. The highest BCUT2D eigenvalue weighted by Gasteiger charge is 2.16. The van der Waals surface area contributed by atoms with E-state index in [-0.39, 0.29) is 6.04 Å². The lowest BCUT2D eigenvalue weighted by molar-refractivity contribution is -0.0235. The van der Waals surface area contributed by atoms with E-state index in [1.165, 1.54) is 24.8 Å². The summed E-state index contributed by atoms with van der Waals surface area (Å²) in [6.07, 6.45) is 9.63. The van der Waals surface area contributed by atoms with Gasteiger partial charge in [0.1, 0.15) is 0 Å². The molecule has 1 unspecified atom stereocenters. The van der Waals surface area contributed by atoms with Crippen molar-refractivity contribution >= 4 is 0 Å². The van der Waals surface area contributed by atoms with Gasteiger partial charge in [0.25, 0.3) is 0 Å². The molecule has 0 amide bonds. The van der Waals surface area contributed by atoms with Crippen LogP contribution in [0.3, 0.4) is 0 Å². The summed E-state index contributed by atoms with van der Waals surface area (Å²) in [4.78, 5) is 4.01. The van der Waals surface area contributed by atoms with Crippen LogP contribution in [0.1, 0.15) is 50.6 Å². The molecule has 2 atom stereocenters. The van der Waals surface area contributed by atoms with E-state index in [0.29, 0.717) is 19.3 Å². The molecule has 4 nitrogen and oxygen atoms in total. The second kappa shape index (κ2) is 8.35. The number of pyridine rings is 1. The summed E-state index contributed by atoms with van der Waals surface area (Å²) in [5.41, 5.74) is 1.18. The average molecular weight is 278 g/mol. The quantitative estimate of drug-likeness (QED) is 0.804. The number of aliphatic hydroxyl groups excluding tert-OH is 1. The van der Waals surface area contributed by atoms with Gasteiger partial charge in [0.2, 0.25) is 0 Å². The Hall–Kier alpha value is -0.970. The number of nitrogens with one attached hydrogen (secondary N) is 1. The lowest BCUT2D eigenvalue weighted by Crippen LogP contribution is -2.33. The maximum absolute atomic E-state index is 9.98. The molecule has 1 saturated carbocycles. The molecule has 1 fully saturated rings. The summed E-state index contributed by atoms with van der Waals surface area (Å²) in [6, 6.07) is 4.19. The molecule has 0 radical (unpaired) electrons. The number of hydrogen-bond donors (Lipinski definition) is 2. The topological polar surface area (TPSA) is 54.4 Å². The van der Waals surface area contributed by atoms with Crippen LogP contribution in [-0.4, -0.2) is 35.5 Å². The normalized spacial score (nSPS) is 19.7. The number of rotatable bonds is 7. The van der Waals surface area contributed by atoms with E-state index in [9.17, 15) is 5.11 Å². The van der Waals surface area contributed by atoms with Gasteiger partial charge in [-0.1, -0.05) is 19.3 Å². The van der Waals surface area contributed by atoms with E-state index in [2.05, 4.69) is 17.2 Å². The highest BCUT2D eigenvalue weighted by Crippen LogP contribution is 2.20. The molecule has 1 aliphatic carbocycles. The van der Waals surface area contributed by atoms with Crippen molar-refractivity contribution in [2.24, 2.45) is 0 Å². The maximum Gasteiger partial charge on any atom is 0.0898 e. The van der Waals surface area contributed by atoms with Gasteiger partial charge in [0.05, 0.1) is 18.8 Å². The van der Waals surface area contributed by atoms with Gasteiger partial charge in [-0.2, -0.15) is 0 Å². The zero-order valence-electron chi connectivity index (χ0n) is 12.3. The summed E-state index contributed by atoms with van der Waals surface area (Å²) < 4.78 is 5.78. The van der Waals surface area contributed by atoms with Crippen LogP contribution in [-0.2, 0) is 4.74 Å². The van der Waals surface area contributed by atoms with Crippen LogP contribution in [0, 0.1) is 0 Å². The first kappa shape index (κ1) is 15.4. The lowest BCUT2D eigenvalue weighted by atomic mass is 9.98. The van der Waals surface area contributed by atoms with E-state index >= 15 is 0 Å². The first-order valence-corrected chi connectivity index (χ1v) is 7.68. The van der Waals surface area contributed by atoms with Crippen molar-refractivity contribution in [2.75, 3.05) is 13.2 Å². The molecule has 1 aliphatic rings. The molecule has 4 heteroatoms. The van der Waals surface area contributed by atoms with Gasteiger partial charge in [-0.3, -0.25) is 4.98 Å². The second-order valence-corrected chi connectivity index (χ2v) is 5.66. The third kappa shape index (κ3) is 5.19. The highest BCUT2D eigenvalue weighted by molar-refractivity contribution is 5.13. The molecule has 0 bridgehead atoms. The van der Waals surface area contributed by atoms with Crippen LogP contribution < -0.4 is 5.32 Å². The molecule has 0 spiro atoms. The van der Waals surface area contributed by atoms with Gasteiger partial charge in [-0.05, 0) is 37.5 Å². The Morgan fingerprint density at radius 1 is 1.30 bits per heavy atom. The highest BCUT2D eigenvalue weighted by atomic mass is 16.5. The zero-order chi connectivity index (χ0) is 14.2. The van der Waals surface area contributed by atoms with E-state index in [4.69, 9.17) is 4.74 Å². The second-order valence-electron chi connectivity index (χ2n) is 5.66.